The predicted octanol–water partition coefficient (Wildman–Crippen LogP) is 5.90. The fourth-order valence-corrected chi connectivity index (χ4v) is 6.71. The molecule has 0 unspecified atom stereocenters. The minimum absolute atomic E-state index is 0.0175. The maximum Gasteiger partial charge on any atom is 0.340 e. The summed E-state index contributed by atoms with van der Waals surface area (Å²) in [6.45, 7) is 6.29. The molecule has 3 heterocycles. The minimum atomic E-state index is -0.751. The number of likely N-dealkylation sites (tertiary alicyclic amines) is 1. The van der Waals surface area contributed by atoms with Crippen molar-refractivity contribution in [2.75, 3.05) is 6.54 Å². The van der Waals surface area contributed by atoms with E-state index in [1.165, 1.54) is 0 Å². The van der Waals surface area contributed by atoms with E-state index in [0.717, 1.165) is 58.9 Å². The largest absolute Gasteiger partial charge is 0.461 e. The summed E-state index contributed by atoms with van der Waals surface area (Å²) in [5.74, 6) is 0.712. The van der Waals surface area contributed by atoms with Crippen LogP contribution in [-0.2, 0) is 11.2 Å². The summed E-state index contributed by atoms with van der Waals surface area (Å²) in [5.41, 5.74) is 3.17. The molecule has 192 valence electrons. The number of rotatable bonds is 3. The zero-order valence-corrected chi connectivity index (χ0v) is 21.7. The molecule has 37 heavy (non-hydrogen) atoms. The van der Waals surface area contributed by atoms with Crippen LogP contribution in [0.2, 0.25) is 0 Å². The Morgan fingerprint density at radius 1 is 1.00 bits per heavy atom. The zero-order valence-electron chi connectivity index (χ0n) is 21.7. The number of hydrogen-bond donors (Lipinski definition) is 1. The molecule has 1 amide bonds. The van der Waals surface area contributed by atoms with Gasteiger partial charge >= 0.3 is 5.63 Å². The second-order valence-electron chi connectivity index (χ2n) is 10.9. The number of amides is 1. The summed E-state index contributed by atoms with van der Waals surface area (Å²) >= 11 is 0. The smallest absolute Gasteiger partial charge is 0.340 e. The maximum atomic E-state index is 13.9. The third-order valence-electron chi connectivity index (χ3n) is 8.94. The molecular formula is C31H33NO5. The van der Waals surface area contributed by atoms with Crippen molar-refractivity contribution in [2.24, 2.45) is 5.92 Å². The first kappa shape index (κ1) is 24.0. The van der Waals surface area contributed by atoms with Gasteiger partial charge in [-0.2, -0.15) is 0 Å². The number of aryl methyl sites for hydroxylation is 3. The van der Waals surface area contributed by atoms with Crippen molar-refractivity contribution in [3.8, 4) is 0 Å². The third kappa shape index (κ3) is 3.89. The number of fused-ring (bicyclic) bond motifs is 3. The van der Waals surface area contributed by atoms with Crippen molar-refractivity contribution in [1.82, 2.24) is 4.90 Å². The Kier molecular flexibility index (Phi) is 5.75. The zero-order chi connectivity index (χ0) is 25.9. The second-order valence-corrected chi connectivity index (χ2v) is 10.9. The lowest BCUT2D eigenvalue weighted by molar-refractivity contribution is -0.154. The number of nitrogens with zero attached hydrogens (tertiary/aromatic N) is 1. The van der Waals surface area contributed by atoms with Crippen LogP contribution in [0.15, 0.2) is 56.1 Å². The van der Waals surface area contributed by atoms with Crippen molar-refractivity contribution in [1.29, 1.82) is 0 Å². The standard InChI is InChI=1S/C31H33NO5/c1-18-20(3)36-26-17-27-23(15-22(18)26)19(2)24(30(34)37-27)16-28(33)32-14-13-31(35)12-8-7-11-25(31)29(32)21-9-5-4-6-10-21/h4-6,9-10,15,17,25,29,35H,7-8,11-14,16H2,1-3H3/t25-,29+,31-/m1/s1. The van der Waals surface area contributed by atoms with Crippen molar-refractivity contribution in [3.63, 3.8) is 0 Å². The van der Waals surface area contributed by atoms with Crippen LogP contribution < -0.4 is 5.63 Å². The SMILES string of the molecule is Cc1oc2cc3oc(=O)c(CC(=O)N4CC[C@]5(O)CCCC[C@@H]5[C@@H]4c4ccccc4)c(C)c3cc2c1C. The fourth-order valence-electron chi connectivity index (χ4n) is 6.71. The molecular weight excluding hydrogens is 466 g/mol. The van der Waals surface area contributed by atoms with Crippen molar-refractivity contribution >= 4 is 27.8 Å². The number of aliphatic hydroxyl groups is 1. The van der Waals surface area contributed by atoms with Crippen LogP contribution in [0.25, 0.3) is 21.9 Å². The van der Waals surface area contributed by atoms with Gasteiger partial charge in [0.15, 0.2) is 0 Å². The third-order valence-corrected chi connectivity index (χ3v) is 8.94. The highest BCUT2D eigenvalue weighted by Crippen LogP contribution is 2.49. The lowest BCUT2D eigenvalue weighted by Gasteiger charge is -2.52. The van der Waals surface area contributed by atoms with Crippen LogP contribution in [-0.4, -0.2) is 28.1 Å². The number of hydrogen-bond acceptors (Lipinski definition) is 5. The lowest BCUT2D eigenvalue weighted by atomic mass is 9.66. The highest BCUT2D eigenvalue weighted by molar-refractivity contribution is 5.97. The molecule has 0 spiro atoms. The van der Waals surface area contributed by atoms with Gasteiger partial charge in [-0.15, -0.1) is 0 Å². The Balaban J connectivity index is 1.39. The molecule has 1 N–H and O–H groups in total. The summed E-state index contributed by atoms with van der Waals surface area (Å²) in [7, 11) is 0. The Morgan fingerprint density at radius 2 is 1.73 bits per heavy atom. The molecule has 2 aromatic heterocycles. The predicted molar refractivity (Wildman–Crippen MR) is 143 cm³/mol. The first-order valence-corrected chi connectivity index (χ1v) is 13.3. The first-order valence-electron chi connectivity index (χ1n) is 13.3. The van der Waals surface area contributed by atoms with Gasteiger partial charge in [-0.25, -0.2) is 4.79 Å². The van der Waals surface area contributed by atoms with E-state index in [9.17, 15) is 14.7 Å². The number of carbonyl (C=O) groups excluding carboxylic acids is 1. The van der Waals surface area contributed by atoms with Crippen LogP contribution in [0.4, 0.5) is 0 Å². The van der Waals surface area contributed by atoms with Gasteiger partial charge in [0.25, 0.3) is 0 Å². The highest BCUT2D eigenvalue weighted by Gasteiger charge is 2.50. The van der Waals surface area contributed by atoms with E-state index in [0.29, 0.717) is 29.7 Å². The molecule has 6 heteroatoms. The Hall–Kier alpha value is -3.38. The van der Waals surface area contributed by atoms with Gasteiger partial charge in [-0.3, -0.25) is 4.79 Å². The van der Waals surface area contributed by atoms with Crippen molar-refractivity contribution < 1.29 is 18.7 Å². The molecule has 6 rings (SSSR count). The molecule has 2 fully saturated rings. The topological polar surface area (TPSA) is 83.9 Å². The minimum Gasteiger partial charge on any atom is -0.461 e. The maximum absolute atomic E-state index is 13.9. The van der Waals surface area contributed by atoms with E-state index in [2.05, 4.69) is 0 Å². The van der Waals surface area contributed by atoms with Crippen LogP contribution in [0, 0.1) is 26.7 Å². The quantitative estimate of drug-likeness (QED) is 0.355. The molecule has 2 aromatic carbocycles. The molecule has 4 aromatic rings. The van der Waals surface area contributed by atoms with E-state index >= 15 is 0 Å². The normalized spacial score (nSPS) is 23.9. The molecule has 1 saturated heterocycles. The van der Waals surface area contributed by atoms with E-state index in [1.807, 2.05) is 62.1 Å². The van der Waals surface area contributed by atoms with Crippen molar-refractivity contribution in [3.05, 3.63) is 80.9 Å². The Labute approximate surface area is 215 Å². The number of carbonyl (C=O) groups is 1. The Bertz CT molecular complexity index is 1570. The molecule has 1 aliphatic carbocycles. The van der Waals surface area contributed by atoms with Gasteiger partial charge < -0.3 is 18.8 Å². The molecule has 2 aliphatic rings. The van der Waals surface area contributed by atoms with E-state index in [1.54, 1.807) is 6.07 Å². The van der Waals surface area contributed by atoms with Gasteiger partial charge in [-0.05, 0) is 62.8 Å². The summed E-state index contributed by atoms with van der Waals surface area (Å²) in [5, 5.41) is 13.3. The highest BCUT2D eigenvalue weighted by atomic mass is 16.4. The van der Waals surface area contributed by atoms with E-state index in [4.69, 9.17) is 8.83 Å². The van der Waals surface area contributed by atoms with Crippen molar-refractivity contribution in [2.45, 2.75) is 70.9 Å². The van der Waals surface area contributed by atoms with E-state index < -0.39 is 11.2 Å². The average molecular weight is 500 g/mol. The molecule has 0 bridgehead atoms. The molecule has 3 atom stereocenters. The van der Waals surface area contributed by atoms with Gasteiger partial charge in [0, 0.05) is 29.3 Å². The Morgan fingerprint density at radius 3 is 2.51 bits per heavy atom. The van der Waals surface area contributed by atoms with Crippen LogP contribution in [0.5, 0.6) is 0 Å². The molecule has 0 radical (unpaired) electrons. The first-order chi connectivity index (χ1) is 17.8. The molecule has 1 saturated carbocycles. The summed E-state index contributed by atoms with van der Waals surface area (Å²) in [6, 6.07) is 13.6. The van der Waals surface area contributed by atoms with Gasteiger partial charge in [0.1, 0.15) is 16.9 Å². The van der Waals surface area contributed by atoms with Gasteiger partial charge in [0.2, 0.25) is 5.91 Å². The van der Waals surface area contributed by atoms with E-state index in [-0.39, 0.29) is 24.3 Å². The summed E-state index contributed by atoms with van der Waals surface area (Å²) < 4.78 is 11.5. The van der Waals surface area contributed by atoms with Crippen LogP contribution in [0.3, 0.4) is 0 Å². The number of piperidine rings is 1. The lowest BCUT2D eigenvalue weighted by Crippen LogP contribution is -2.56. The second kappa shape index (κ2) is 8.88. The number of furan rings is 1. The number of benzene rings is 2. The van der Waals surface area contributed by atoms with Crippen LogP contribution >= 0.6 is 0 Å². The monoisotopic (exact) mass is 499 g/mol. The van der Waals surface area contributed by atoms with Gasteiger partial charge in [-0.1, -0.05) is 43.2 Å². The molecule has 1 aliphatic heterocycles. The van der Waals surface area contributed by atoms with Gasteiger partial charge in [0.05, 0.1) is 23.6 Å². The van der Waals surface area contributed by atoms with Crippen LogP contribution in [0.1, 0.15) is 66.2 Å². The fraction of sp³-hybridized carbons (Fsp3) is 0.419. The summed E-state index contributed by atoms with van der Waals surface area (Å²) in [4.78, 5) is 28.9. The summed E-state index contributed by atoms with van der Waals surface area (Å²) in [6.07, 6.45) is 4.26. The molecule has 6 nitrogen and oxygen atoms in total. The average Bonchev–Trinajstić information content (AvgIpc) is 3.17.